The van der Waals surface area contributed by atoms with Crippen molar-refractivity contribution in [3.63, 3.8) is 0 Å². The van der Waals surface area contributed by atoms with Crippen LogP contribution in [0.2, 0.25) is 0 Å². The number of carbonyl (C=O) groups is 1. The lowest BCUT2D eigenvalue weighted by Crippen LogP contribution is -2.47. The number of methoxy groups -OCH3 is 3. The molecule has 1 aliphatic heterocycles. The van der Waals surface area contributed by atoms with Crippen LogP contribution in [-0.2, 0) is 19.5 Å². The average Bonchev–Trinajstić information content (AvgIpc) is 2.66. The fraction of sp³-hybridized carbons (Fsp3) is 0.588. The lowest BCUT2D eigenvalue weighted by molar-refractivity contribution is 0.0577. The molecule has 0 unspecified atom stereocenters. The minimum atomic E-state index is -3.76. The second-order valence-electron chi connectivity index (χ2n) is 6.36. The van der Waals surface area contributed by atoms with Crippen LogP contribution in [0.4, 0.5) is 0 Å². The molecule has 0 bridgehead atoms. The van der Waals surface area contributed by atoms with Gasteiger partial charge in [0.25, 0.3) is 0 Å². The zero-order chi connectivity index (χ0) is 19.2. The normalized spacial score (nSPS) is 16.3. The average molecular weight is 423 g/mol. The Morgan fingerprint density at radius 1 is 1.22 bits per heavy atom. The minimum absolute atomic E-state index is 0. The van der Waals surface area contributed by atoms with E-state index in [2.05, 4.69) is 14.8 Å². The van der Waals surface area contributed by atoms with Crippen molar-refractivity contribution in [3.8, 4) is 5.75 Å². The second kappa shape index (κ2) is 10.2. The predicted molar refractivity (Wildman–Crippen MR) is 103 cm³/mol. The fourth-order valence-corrected chi connectivity index (χ4v) is 4.26. The summed E-state index contributed by atoms with van der Waals surface area (Å²) < 4.78 is 43.2. The molecule has 8 nitrogen and oxygen atoms in total. The molecule has 0 spiro atoms. The Kier molecular flexibility index (Phi) is 8.97. The molecule has 1 aromatic rings. The van der Waals surface area contributed by atoms with E-state index in [0.29, 0.717) is 6.61 Å². The van der Waals surface area contributed by atoms with Crippen LogP contribution in [0.1, 0.15) is 23.2 Å². The van der Waals surface area contributed by atoms with Crippen LogP contribution < -0.4 is 14.8 Å². The van der Waals surface area contributed by atoms with Crippen molar-refractivity contribution >= 4 is 28.4 Å². The first-order valence-corrected chi connectivity index (χ1v) is 9.81. The summed E-state index contributed by atoms with van der Waals surface area (Å²) in [5, 5.41) is 3.27. The van der Waals surface area contributed by atoms with E-state index in [1.165, 1.54) is 32.4 Å². The summed E-state index contributed by atoms with van der Waals surface area (Å²) in [7, 11) is 0.485. The molecule has 0 radical (unpaired) electrons. The first-order chi connectivity index (χ1) is 12.4. The predicted octanol–water partition coefficient (Wildman–Crippen LogP) is 1.20. The second-order valence-corrected chi connectivity index (χ2v) is 8.13. The number of sulfonamides is 1. The van der Waals surface area contributed by atoms with Crippen LogP contribution in [0, 0.1) is 5.41 Å². The molecule has 0 aliphatic carbocycles. The summed E-state index contributed by atoms with van der Waals surface area (Å²) in [6.07, 6.45) is 1.65. The number of halogens is 1. The van der Waals surface area contributed by atoms with Crippen LogP contribution in [0.25, 0.3) is 0 Å². The van der Waals surface area contributed by atoms with Gasteiger partial charge < -0.3 is 19.5 Å². The number of hydrogen-bond donors (Lipinski definition) is 2. The Balaban J connectivity index is 0.00000364. The Labute approximate surface area is 166 Å². The van der Waals surface area contributed by atoms with Crippen LogP contribution in [0.5, 0.6) is 5.75 Å². The van der Waals surface area contributed by atoms with Crippen molar-refractivity contribution in [3.05, 3.63) is 23.8 Å². The molecule has 154 valence electrons. The smallest absolute Gasteiger partial charge is 0.341 e. The molecule has 1 fully saturated rings. The van der Waals surface area contributed by atoms with Gasteiger partial charge in [0.15, 0.2) is 0 Å². The first-order valence-electron chi connectivity index (χ1n) is 8.33. The number of carbonyl (C=O) groups excluding carboxylic acids is 1. The third-order valence-corrected chi connectivity index (χ3v) is 6.04. The zero-order valence-electron chi connectivity index (χ0n) is 15.7. The number of rotatable bonds is 8. The highest BCUT2D eigenvalue weighted by atomic mass is 35.5. The summed E-state index contributed by atoms with van der Waals surface area (Å²) in [6.45, 7) is 2.42. The van der Waals surface area contributed by atoms with Crippen molar-refractivity contribution in [2.45, 2.75) is 17.7 Å². The monoisotopic (exact) mass is 422 g/mol. The third kappa shape index (κ3) is 5.79. The van der Waals surface area contributed by atoms with E-state index in [-0.39, 0.29) is 40.6 Å². The van der Waals surface area contributed by atoms with Crippen LogP contribution >= 0.6 is 12.4 Å². The first kappa shape index (κ1) is 23.6. The minimum Gasteiger partial charge on any atom is -0.496 e. The van der Waals surface area contributed by atoms with Crippen molar-refractivity contribution in [1.29, 1.82) is 0 Å². The van der Waals surface area contributed by atoms with Gasteiger partial charge in [-0.1, -0.05) is 0 Å². The van der Waals surface area contributed by atoms with Crippen LogP contribution in [0.15, 0.2) is 23.1 Å². The highest BCUT2D eigenvalue weighted by Gasteiger charge is 2.33. The van der Waals surface area contributed by atoms with Gasteiger partial charge in [0.05, 0.1) is 25.7 Å². The SMILES string of the molecule is COCC1(CNS(=O)(=O)c2ccc(C(=O)OC)c(OC)c2)CCNCC1.Cl. The van der Waals surface area contributed by atoms with E-state index in [9.17, 15) is 13.2 Å². The molecule has 27 heavy (non-hydrogen) atoms. The third-order valence-electron chi connectivity index (χ3n) is 4.64. The summed E-state index contributed by atoms with van der Waals surface area (Å²) in [4.78, 5) is 11.7. The summed E-state index contributed by atoms with van der Waals surface area (Å²) >= 11 is 0. The molecule has 0 aromatic heterocycles. The van der Waals surface area contributed by atoms with E-state index >= 15 is 0 Å². The molecule has 2 rings (SSSR count). The van der Waals surface area contributed by atoms with Crippen molar-refractivity contribution < 1.29 is 27.4 Å². The number of piperidine rings is 1. The van der Waals surface area contributed by atoms with E-state index in [1.807, 2.05) is 0 Å². The number of ether oxygens (including phenoxy) is 3. The summed E-state index contributed by atoms with van der Waals surface area (Å²) in [5.74, 6) is -0.444. The van der Waals surface area contributed by atoms with Gasteiger partial charge in [-0.2, -0.15) is 0 Å². The van der Waals surface area contributed by atoms with Gasteiger partial charge >= 0.3 is 5.97 Å². The molecule has 1 aromatic carbocycles. The van der Waals surface area contributed by atoms with Crippen LogP contribution in [-0.4, -0.2) is 62.0 Å². The fourth-order valence-electron chi connectivity index (χ4n) is 3.08. The van der Waals surface area contributed by atoms with E-state index in [0.717, 1.165) is 25.9 Å². The summed E-state index contributed by atoms with van der Waals surface area (Å²) in [5.41, 5.74) is -0.0634. The summed E-state index contributed by atoms with van der Waals surface area (Å²) in [6, 6.07) is 4.07. The van der Waals surface area contributed by atoms with Crippen molar-refractivity contribution in [2.24, 2.45) is 5.41 Å². The highest BCUT2D eigenvalue weighted by Crippen LogP contribution is 2.29. The largest absolute Gasteiger partial charge is 0.496 e. The Hall–Kier alpha value is -1.39. The Morgan fingerprint density at radius 2 is 1.89 bits per heavy atom. The molecule has 0 amide bonds. The zero-order valence-corrected chi connectivity index (χ0v) is 17.4. The van der Waals surface area contributed by atoms with E-state index in [4.69, 9.17) is 9.47 Å². The maximum atomic E-state index is 12.7. The van der Waals surface area contributed by atoms with Gasteiger partial charge in [-0.3, -0.25) is 0 Å². The number of benzene rings is 1. The Bertz CT molecular complexity index is 729. The molecule has 0 atom stereocenters. The van der Waals surface area contributed by atoms with Crippen molar-refractivity contribution in [1.82, 2.24) is 10.0 Å². The molecular weight excluding hydrogens is 396 g/mol. The Morgan fingerprint density at radius 3 is 2.44 bits per heavy atom. The van der Waals surface area contributed by atoms with Gasteiger partial charge in [-0.15, -0.1) is 12.4 Å². The van der Waals surface area contributed by atoms with Crippen molar-refractivity contribution in [2.75, 3.05) is 47.6 Å². The van der Waals surface area contributed by atoms with Gasteiger partial charge in [-0.05, 0) is 38.1 Å². The number of hydrogen-bond acceptors (Lipinski definition) is 7. The van der Waals surface area contributed by atoms with Crippen LogP contribution in [0.3, 0.4) is 0 Å². The lowest BCUT2D eigenvalue weighted by atomic mass is 9.80. The van der Waals surface area contributed by atoms with Gasteiger partial charge in [0.2, 0.25) is 10.0 Å². The molecule has 1 heterocycles. The number of nitrogens with one attached hydrogen (secondary N) is 2. The maximum absolute atomic E-state index is 12.7. The van der Waals surface area contributed by atoms with E-state index in [1.54, 1.807) is 7.11 Å². The molecule has 1 saturated heterocycles. The lowest BCUT2D eigenvalue weighted by Gasteiger charge is -2.37. The molecule has 1 aliphatic rings. The van der Waals surface area contributed by atoms with Gasteiger partial charge in [0, 0.05) is 25.1 Å². The van der Waals surface area contributed by atoms with Gasteiger partial charge in [-0.25, -0.2) is 17.9 Å². The maximum Gasteiger partial charge on any atom is 0.341 e. The highest BCUT2D eigenvalue weighted by molar-refractivity contribution is 7.89. The molecule has 2 N–H and O–H groups in total. The quantitative estimate of drug-likeness (QED) is 0.606. The topological polar surface area (TPSA) is 103 Å². The standard InChI is InChI=1S/C17H26N2O6S.ClH/c1-23-12-17(6-8-18-9-7-17)11-19-26(21,22)13-4-5-14(16(20)25-3)15(10-13)24-2;/h4-5,10,18-19H,6-9,11-12H2,1-3H3;1H. The molecule has 0 saturated carbocycles. The number of esters is 1. The molecular formula is C17H27ClN2O6S. The van der Waals surface area contributed by atoms with E-state index < -0.39 is 16.0 Å². The molecule has 10 heteroatoms. The van der Waals surface area contributed by atoms with Gasteiger partial charge in [0.1, 0.15) is 11.3 Å².